The second kappa shape index (κ2) is 4.26. The van der Waals surface area contributed by atoms with Crippen LogP contribution in [0.1, 0.15) is 0 Å². The number of nitrogens with zero attached hydrogens (tertiary/aromatic N) is 2. The maximum absolute atomic E-state index is 10.9. The van der Waals surface area contributed by atoms with E-state index in [9.17, 15) is 4.79 Å². The van der Waals surface area contributed by atoms with Gasteiger partial charge in [0.25, 0.3) is 0 Å². The first kappa shape index (κ1) is 9.23. The molecule has 5 heteroatoms. The zero-order chi connectivity index (χ0) is 9.80. The summed E-state index contributed by atoms with van der Waals surface area (Å²) in [5.41, 5.74) is 0. The lowest BCUT2D eigenvalue weighted by molar-refractivity contribution is -0.110. The monoisotopic (exact) mass is 195 g/mol. The first-order chi connectivity index (χ1) is 6.92. The summed E-state index contributed by atoms with van der Waals surface area (Å²) < 4.78 is 5.17. The van der Waals surface area contributed by atoms with Crippen LogP contribution in [-0.4, -0.2) is 37.6 Å². The number of piperazine rings is 1. The average molecular weight is 195 g/mol. The molecule has 2 heterocycles. The number of nitrogens with one attached hydrogen (secondary N) is 1. The molecule has 5 nitrogen and oxygen atoms in total. The predicted molar refractivity (Wildman–Crippen MR) is 51.7 cm³/mol. The molecule has 0 bridgehead atoms. The van der Waals surface area contributed by atoms with Gasteiger partial charge in [-0.25, -0.2) is 10.0 Å². The molecular formula is C9H13N3O2. The zero-order valence-electron chi connectivity index (χ0n) is 7.85. The number of anilines is 1. The normalized spacial score (nSPS) is 18.0. The third kappa shape index (κ3) is 1.78. The first-order valence-electron chi connectivity index (χ1n) is 4.65. The van der Waals surface area contributed by atoms with Crippen molar-refractivity contribution in [3.8, 4) is 0 Å². The van der Waals surface area contributed by atoms with Crippen molar-refractivity contribution in [3.63, 3.8) is 0 Å². The van der Waals surface area contributed by atoms with E-state index in [1.165, 1.54) is 5.01 Å². The molecule has 0 aliphatic carbocycles. The highest BCUT2D eigenvalue weighted by atomic mass is 16.4. The summed E-state index contributed by atoms with van der Waals surface area (Å²) in [6.45, 7) is 3.43. The highest BCUT2D eigenvalue weighted by Crippen LogP contribution is 2.15. The van der Waals surface area contributed by atoms with E-state index in [1.54, 1.807) is 18.4 Å². The molecule has 76 valence electrons. The Bertz CT molecular complexity index is 280. The fourth-order valence-electron chi connectivity index (χ4n) is 1.53. The van der Waals surface area contributed by atoms with Crippen molar-refractivity contribution < 1.29 is 9.21 Å². The molecule has 1 amide bonds. The second-order valence-corrected chi connectivity index (χ2v) is 3.10. The summed E-state index contributed by atoms with van der Waals surface area (Å²) in [7, 11) is 0. The Hall–Kier alpha value is -1.33. The van der Waals surface area contributed by atoms with E-state index < -0.39 is 0 Å². The minimum absolute atomic E-state index is 0.571. The molecule has 1 fully saturated rings. The molecule has 1 saturated heterocycles. The van der Waals surface area contributed by atoms with Crippen LogP contribution in [0.5, 0.6) is 0 Å². The smallest absolute Gasteiger partial charge is 0.231 e. The van der Waals surface area contributed by atoms with Gasteiger partial charge in [0.1, 0.15) is 0 Å². The van der Waals surface area contributed by atoms with Crippen molar-refractivity contribution in [1.82, 2.24) is 10.3 Å². The Balaban J connectivity index is 2.08. The second-order valence-electron chi connectivity index (χ2n) is 3.10. The van der Waals surface area contributed by atoms with Gasteiger partial charge in [-0.1, -0.05) is 0 Å². The largest absolute Gasteiger partial charge is 0.447 e. The molecule has 2 rings (SSSR count). The lowest BCUT2D eigenvalue weighted by Gasteiger charge is -2.33. The Labute approximate surface area is 82.2 Å². The zero-order valence-corrected chi connectivity index (χ0v) is 7.85. The first-order valence-corrected chi connectivity index (χ1v) is 4.65. The Morgan fingerprint density at radius 2 is 2.29 bits per heavy atom. The van der Waals surface area contributed by atoms with Gasteiger partial charge in [-0.05, 0) is 6.07 Å². The fourth-order valence-corrected chi connectivity index (χ4v) is 1.53. The van der Waals surface area contributed by atoms with E-state index >= 15 is 0 Å². The van der Waals surface area contributed by atoms with Gasteiger partial charge in [-0.2, -0.15) is 0 Å². The van der Waals surface area contributed by atoms with Gasteiger partial charge < -0.3 is 9.73 Å². The molecule has 14 heavy (non-hydrogen) atoms. The quantitative estimate of drug-likeness (QED) is 0.693. The molecule has 0 spiro atoms. The molecule has 1 aliphatic rings. The lowest BCUT2D eigenvalue weighted by atomic mass is 10.4. The number of hydrazine groups is 1. The summed E-state index contributed by atoms with van der Waals surface area (Å²) >= 11 is 0. The Kier molecular flexibility index (Phi) is 2.81. The standard InChI is InChI=1S/C9H13N3O2/c13-8-12(9-2-1-7-14-9)11-5-3-10-4-6-11/h1-2,7-8,10H,3-6H2. The summed E-state index contributed by atoms with van der Waals surface area (Å²) in [6, 6.07) is 3.55. The van der Waals surface area contributed by atoms with Crippen LogP contribution in [0, 0.1) is 0 Å². The number of hydrogen-bond donors (Lipinski definition) is 1. The third-order valence-corrected chi connectivity index (χ3v) is 2.23. The SMILES string of the molecule is O=CN(c1ccco1)N1CCNCC1. The van der Waals surface area contributed by atoms with Gasteiger partial charge in [-0.3, -0.25) is 4.79 Å². The van der Waals surface area contributed by atoms with Crippen LogP contribution in [0.15, 0.2) is 22.8 Å². The number of carbonyl (C=O) groups is 1. The van der Waals surface area contributed by atoms with Crippen LogP contribution in [-0.2, 0) is 4.79 Å². The van der Waals surface area contributed by atoms with E-state index in [4.69, 9.17) is 4.42 Å². The third-order valence-electron chi connectivity index (χ3n) is 2.23. The van der Waals surface area contributed by atoms with Gasteiger partial charge >= 0.3 is 0 Å². The molecule has 0 atom stereocenters. The van der Waals surface area contributed by atoms with Gasteiger partial charge in [0.2, 0.25) is 12.3 Å². The molecule has 0 aromatic carbocycles. The summed E-state index contributed by atoms with van der Waals surface area (Å²) in [5.74, 6) is 0.571. The lowest BCUT2D eigenvalue weighted by Crippen LogP contribution is -2.52. The topological polar surface area (TPSA) is 48.7 Å². The van der Waals surface area contributed by atoms with Gasteiger partial charge in [0.05, 0.1) is 6.26 Å². The van der Waals surface area contributed by atoms with Gasteiger partial charge in [0, 0.05) is 32.2 Å². The Morgan fingerprint density at radius 1 is 1.50 bits per heavy atom. The minimum Gasteiger partial charge on any atom is -0.447 e. The predicted octanol–water partition coefficient (Wildman–Crippen LogP) is 0.0626. The van der Waals surface area contributed by atoms with Crippen LogP contribution in [0.2, 0.25) is 0 Å². The highest BCUT2D eigenvalue weighted by Gasteiger charge is 2.19. The molecule has 0 radical (unpaired) electrons. The van der Waals surface area contributed by atoms with E-state index in [1.807, 2.05) is 5.01 Å². The van der Waals surface area contributed by atoms with Crippen molar-refractivity contribution in [3.05, 3.63) is 18.4 Å². The molecule has 0 unspecified atom stereocenters. The van der Waals surface area contributed by atoms with Crippen LogP contribution >= 0.6 is 0 Å². The molecule has 0 saturated carbocycles. The van der Waals surface area contributed by atoms with Crippen molar-refractivity contribution >= 4 is 12.3 Å². The molecule has 1 aromatic rings. The van der Waals surface area contributed by atoms with Crippen molar-refractivity contribution in [2.24, 2.45) is 0 Å². The number of hydrogen-bond acceptors (Lipinski definition) is 4. The van der Waals surface area contributed by atoms with Gasteiger partial charge in [0.15, 0.2) is 0 Å². The van der Waals surface area contributed by atoms with Crippen LogP contribution in [0.25, 0.3) is 0 Å². The van der Waals surface area contributed by atoms with Gasteiger partial charge in [-0.15, -0.1) is 0 Å². The van der Waals surface area contributed by atoms with E-state index in [0.29, 0.717) is 5.88 Å². The summed E-state index contributed by atoms with van der Waals surface area (Å²) in [6.07, 6.45) is 2.35. The fraction of sp³-hybridized carbons (Fsp3) is 0.444. The van der Waals surface area contributed by atoms with E-state index in [-0.39, 0.29) is 0 Å². The van der Waals surface area contributed by atoms with E-state index in [2.05, 4.69) is 5.32 Å². The van der Waals surface area contributed by atoms with Crippen LogP contribution in [0.4, 0.5) is 5.88 Å². The number of carbonyl (C=O) groups excluding carboxylic acids is 1. The summed E-state index contributed by atoms with van der Waals surface area (Å²) in [5, 5.41) is 6.70. The number of furan rings is 1. The minimum atomic E-state index is 0.571. The molecule has 1 aromatic heterocycles. The van der Waals surface area contributed by atoms with Crippen molar-refractivity contribution in [1.29, 1.82) is 0 Å². The maximum Gasteiger partial charge on any atom is 0.231 e. The van der Waals surface area contributed by atoms with Crippen molar-refractivity contribution in [2.45, 2.75) is 0 Å². The van der Waals surface area contributed by atoms with E-state index in [0.717, 1.165) is 32.6 Å². The molecule has 1 N–H and O–H groups in total. The number of rotatable bonds is 3. The summed E-state index contributed by atoms with van der Waals surface area (Å²) in [4.78, 5) is 10.9. The molecular weight excluding hydrogens is 182 g/mol. The Morgan fingerprint density at radius 3 is 2.86 bits per heavy atom. The average Bonchev–Trinajstić information content (AvgIpc) is 2.74. The maximum atomic E-state index is 10.9. The van der Waals surface area contributed by atoms with Crippen LogP contribution in [0.3, 0.4) is 0 Å². The van der Waals surface area contributed by atoms with Crippen LogP contribution < -0.4 is 10.3 Å². The molecule has 1 aliphatic heterocycles. The highest BCUT2D eigenvalue weighted by molar-refractivity contribution is 5.70. The number of amides is 1. The van der Waals surface area contributed by atoms with Crippen molar-refractivity contribution in [2.75, 3.05) is 31.2 Å².